The molecule has 1 atom stereocenters. The third-order valence-corrected chi connectivity index (χ3v) is 5.16. The highest BCUT2D eigenvalue weighted by Gasteiger charge is 2.23. The van der Waals surface area contributed by atoms with E-state index in [0.29, 0.717) is 5.92 Å². The fourth-order valence-electron chi connectivity index (χ4n) is 3.75. The average Bonchev–Trinajstić information content (AvgIpc) is 2.81. The van der Waals surface area contributed by atoms with Gasteiger partial charge in [-0.1, -0.05) is 19.0 Å². The second-order valence-corrected chi connectivity index (χ2v) is 7.57. The normalized spacial score (nSPS) is 18.2. The lowest BCUT2D eigenvalue weighted by molar-refractivity contribution is -0.134. The smallest absolute Gasteiger partial charge is 0.225 e. The van der Waals surface area contributed by atoms with Gasteiger partial charge in [0.15, 0.2) is 0 Å². The van der Waals surface area contributed by atoms with Crippen molar-refractivity contribution in [3.63, 3.8) is 0 Å². The van der Waals surface area contributed by atoms with E-state index in [1.54, 1.807) is 6.33 Å². The molecule has 0 N–H and O–H groups in total. The number of nitrogens with zero attached hydrogens (tertiary/aromatic N) is 4. The number of amides is 1. The largest absolute Gasteiger partial charge is 0.361 e. The third kappa shape index (κ3) is 4.11. The molecule has 0 spiro atoms. The number of likely N-dealkylation sites (tertiary alicyclic amines) is 1. The lowest BCUT2D eigenvalue weighted by Gasteiger charge is -2.22. The van der Waals surface area contributed by atoms with Gasteiger partial charge in [0.25, 0.3) is 0 Å². The van der Waals surface area contributed by atoms with Crippen LogP contribution in [-0.4, -0.2) is 39.0 Å². The molecule has 0 radical (unpaired) electrons. The van der Waals surface area contributed by atoms with E-state index in [1.165, 1.54) is 0 Å². The first-order valence-electron chi connectivity index (χ1n) is 9.48. The van der Waals surface area contributed by atoms with E-state index in [2.05, 4.69) is 21.2 Å². The summed E-state index contributed by atoms with van der Waals surface area (Å²) in [6, 6.07) is 2.05. The Morgan fingerprint density at radius 3 is 2.77 bits per heavy atom. The predicted molar refractivity (Wildman–Crippen MR) is 99.5 cm³/mol. The summed E-state index contributed by atoms with van der Waals surface area (Å²) in [5.74, 6) is 1.68. The van der Waals surface area contributed by atoms with Crippen LogP contribution < -0.4 is 0 Å². The Kier molecular flexibility index (Phi) is 5.69. The number of aromatic nitrogens is 3. The Morgan fingerprint density at radius 1 is 1.27 bits per heavy atom. The molecule has 3 rings (SSSR count). The van der Waals surface area contributed by atoms with Gasteiger partial charge in [0.1, 0.15) is 12.1 Å². The molecule has 140 valence electrons. The monoisotopic (exact) mass is 356 g/mol. The molecule has 1 aliphatic rings. The maximum atomic E-state index is 12.2. The molecule has 1 amide bonds. The second kappa shape index (κ2) is 7.98. The number of rotatable bonds is 4. The van der Waals surface area contributed by atoms with Crippen LogP contribution in [0.3, 0.4) is 0 Å². The van der Waals surface area contributed by atoms with Crippen molar-refractivity contribution in [2.45, 2.75) is 53.4 Å². The zero-order valence-corrected chi connectivity index (χ0v) is 16.2. The minimum absolute atomic E-state index is 0.0750. The summed E-state index contributed by atoms with van der Waals surface area (Å²) in [6.07, 6.45) is 5.77. The van der Waals surface area contributed by atoms with Gasteiger partial charge in [-0.15, -0.1) is 0 Å². The fourth-order valence-corrected chi connectivity index (χ4v) is 3.75. The molecule has 6 heteroatoms. The molecule has 6 nitrogen and oxygen atoms in total. The van der Waals surface area contributed by atoms with Gasteiger partial charge in [-0.25, -0.2) is 9.97 Å². The second-order valence-electron chi connectivity index (χ2n) is 7.57. The van der Waals surface area contributed by atoms with Gasteiger partial charge in [-0.2, -0.15) is 0 Å². The van der Waals surface area contributed by atoms with Gasteiger partial charge in [-0.3, -0.25) is 4.79 Å². The Balaban J connectivity index is 1.68. The van der Waals surface area contributed by atoms with Crippen molar-refractivity contribution in [2.24, 2.45) is 11.8 Å². The van der Waals surface area contributed by atoms with E-state index in [9.17, 15) is 4.79 Å². The van der Waals surface area contributed by atoms with Crippen LogP contribution in [0.1, 0.15) is 50.3 Å². The van der Waals surface area contributed by atoms with Gasteiger partial charge in [0.2, 0.25) is 5.91 Å². The van der Waals surface area contributed by atoms with Crippen LogP contribution in [0.25, 0.3) is 11.3 Å². The van der Waals surface area contributed by atoms with E-state index in [-0.39, 0.29) is 11.8 Å². The highest BCUT2D eigenvalue weighted by molar-refractivity contribution is 5.78. The van der Waals surface area contributed by atoms with Crippen molar-refractivity contribution in [2.75, 3.05) is 13.1 Å². The summed E-state index contributed by atoms with van der Waals surface area (Å²) in [5, 5.41) is 4.02. The van der Waals surface area contributed by atoms with E-state index in [4.69, 9.17) is 4.52 Å². The van der Waals surface area contributed by atoms with Gasteiger partial charge < -0.3 is 9.42 Å². The van der Waals surface area contributed by atoms with Crippen molar-refractivity contribution < 1.29 is 9.32 Å². The van der Waals surface area contributed by atoms with E-state index in [0.717, 1.165) is 67.2 Å². The van der Waals surface area contributed by atoms with Crippen LogP contribution in [0.15, 0.2) is 16.9 Å². The van der Waals surface area contributed by atoms with Gasteiger partial charge in [0.05, 0.1) is 17.0 Å². The quantitative estimate of drug-likeness (QED) is 0.837. The first-order valence-corrected chi connectivity index (χ1v) is 9.48. The Bertz CT molecular complexity index is 749. The Morgan fingerprint density at radius 2 is 2.08 bits per heavy atom. The minimum atomic E-state index is 0.0750. The SMILES string of the molecule is Cc1noc(C)c1-c1cc(C[C@@H]2CCCN(C(=O)C(C)C)CC2)ncn1. The van der Waals surface area contributed by atoms with Crippen LogP contribution in [0.2, 0.25) is 0 Å². The van der Waals surface area contributed by atoms with E-state index in [1.807, 2.05) is 32.6 Å². The number of carbonyl (C=O) groups is 1. The van der Waals surface area contributed by atoms with E-state index >= 15 is 0 Å². The van der Waals surface area contributed by atoms with Crippen LogP contribution in [0, 0.1) is 25.7 Å². The van der Waals surface area contributed by atoms with E-state index < -0.39 is 0 Å². The van der Waals surface area contributed by atoms with Crippen molar-refractivity contribution in [3.8, 4) is 11.3 Å². The molecule has 0 saturated carbocycles. The molecular weight excluding hydrogens is 328 g/mol. The third-order valence-electron chi connectivity index (χ3n) is 5.16. The molecule has 0 unspecified atom stereocenters. The first kappa shape index (κ1) is 18.5. The summed E-state index contributed by atoms with van der Waals surface area (Å²) < 4.78 is 5.26. The molecule has 0 aliphatic carbocycles. The average molecular weight is 356 g/mol. The standard InChI is InChI=1S/C20H28N4O2/c1-13(2)20(25)24-8-5-6-16(7-9-24)10-17-11-18(22-12-21-17)19-14(3)23-26-15(19)4/h11-13,16H,5-10H2,1-4H3/t16-/m1/s1. The molecule has 2 aromatic rings. The first-order chi connectivity index (χ1) is 12.5. The molecule has 0 bridgehead atoms. The van der Waals surface area contributed by atoms with Crippen LogP contribution in [0.4, 0.5) is 0 Å². The predicted octanol–water partition coefficient (Wildman–Crippen LogP) is 3.58. The summed E-state index contributed by atoms with van der Waals surface area (Å²) in [4.78, 5) is 23.2. The molecule has 0 aromatic carbocycles. The Hall–Kier alpha value is -2.24. The van der Waals surface area contributed by atoms with Crippen LogP contribution in [0.5, 0.6) is 0 Å². The van der Waals surface area contributed by atoms with Crippen molar-refractivity contribution in [1.82, 2.24) is 20.0 Å². The van der Waals surface area contributed by atoms with Crippen LogP contribution in [-0.2, 0) is 11.2 Å². The van der Waals surface area contributed by atoms with Crippen molar-refractivity contribution in [1.29, 1.82) is 0 Å². The van der Waals surface area contributed by atoms with Crippen LogP contribution >= 0.6 is 0 Å². The topological polar surface area (TPSA) is 72.1 Å². The Labute approximate surface area is 155 Å². The van der Waals surface area contributed by atoms with Gasteiger partial charge in [-0.05, 0) is 51.5 Å². The molecule has 26 heavy (non-hydrogen) atoms. The summed E-state index contributed by atoms with van der Waals surface area (Å²) in [6.45, 7) is 9.51. The molecular formula is C20H28N4O2. The lowest BCUT2D eigenvalue weighted by Crippen LogP contribution is -2.35. The molecule has 3 heterocycles. The highest BCUT2D eigenvalue weighted by Crippen LogP contribution is 2.27. The number of aryl methyl sites for hydroxylation is 2. The highest BCUT2D eigenvalue weighted by atomic mass is 16.5. The minimum Gasteiger partial charge on any atom is -0.361 e. The zero-order chi connectivity index (χ0) is 18.7. The number of carbonyl (C=O) groups excluding carboxylic acids is 1. The number of hydrogen-bond acceptors (Lipinski definition) is 5. The van der Waals surface area contributed by atoms with Crippen molar-refractivity contribution in [3.05, 3.63) is 29.5 Å². The van der Waals surface area contributed by atoms with Crippen molar-refractivity contribution >= 4 is 5.91 Å². The molecule has 1 aliphatic heterocycles. The maximum absolute atomic E-state index is 12.2. The summed E-state index contributed by atoms with van der Waals surface area (Å²) in [7, 11) is 0. The molecule has 2 aromatic heterocycles. The van der Waals surface area contributed by atoms with Gasteiger partial charge in [0, 0.05) is 24.7 Å². The zero-order valence-electron chi connectivity index (χ0n) is 16.2. The summed E-state index contributed by atoms with van der Waals surface area (Å²) in [5.41, 5.74) is 3.73. The summed E-state index contributed by atoms with van der Waals surface area (Å²) >= 11 is 0. The molecule has 1 saturated heterocycles. The fraction of sp³-hybridized carbons (Fsp3) is 0.600. The number of hydrogen-bond donors (Lipinski definition) is 0. The molecule has 1 fully saturated rings. The maximum Gasteiger partial charge on any atom is 0.225 e. The lowest BCUT2D eigenvalue weighted by atomic mass is 9.94. The van der Waals surface area contributed by atoms with Gasteiger partial charge >= 0.3 is 0 Å².